The Morgan fingerprint density at radius 1 is 0.828 bits per heavy atom. The van der Waals surface area contributed by atoms with Crippen LogP contribution in [-0.2, 0) is 0 Å². The molecule has 1 aliphatic heterocycles. The van der Waals surface area contributed by atoms with Crippen molar-refractivity contribution in [1.29, 1.82) is 0 Å². The number of benzene rings is 1. The van der Waals surface area contributed by atoms with E-state index in [1.165, 1.54) is 18.3 Å². The van der Waals surface area contributed by atoms with E-state index >= 15 is 0 Å². The van der Waals surface area contributed by atoms with Crippen molar-refractivity contribution in [2.24, 2.45) is 0 Å². The zero-order chi connectivity index (χ0) is 20.2. The molecule has 0 unspecified atom stereocenters. The van der Waals surface area contributed by atoms with Crippen molar-refractivity contribution in [2.75, 3.05) is 41.3 Å². The van der Waals surface area contributed by atoms with Crippen molar-refractivity contribution in [3.8, 4) is 0 Å². The Kier molecular flexibility index (Phi) is 5.33. The molecule has 0 atom stereocenters. The van der Waals surface area contributed by atoms with Crippen LogP contribution < -0.4 is 15.1 Å². The Labute approximate surface area is 166 Å². The van der Waals surface area contributed by atoms with Gasteiger partial charge in [0.1, 0.15) is 29.0 Å². The summed E-state index contributed by atoms with van der Waals surface area (Å²) < 4.78 is 27.6. The first-order valence-electron chi connectivity index (χ1n) is 9.24. The molecular formula is C21H19F2N5O. The SMILES string of the molecule is O=C(Nc1c(F)cccc1F)c1ccnc(N2CCN(c3ccccn3)CC2)c1. The minimum Gasteiger partial charge on any atom is -0.353 e. The van der Waals surface area contributed by atoms with E-state index in [9.17, 15) is 13.6 Å². The van der Waals surface area contributed by atoms with E-state index in [2.05, 4.69) is 25.1 Å². The minimum atomic E-state index is -0.821. The molecule has 3 aromatic rings. The van der Waals surface area contributed by atoms with Crippen LogP contribution >= 0.6 is 0 Å². The van der Waals surface area contributed by atoms with Crippen molar-refractivity contribution < 1.29 is 13.6 Å². The van der Waals surface area contributed by atoms with Crippen LogP contribution in [0.3, 0.4) is 0 Å². The molecule has 29 heavy (non-hydrogen) atoms. The molecule has 8 heteroatoms. The van der Waals surface area contributed by atoms with E-state index in [4.69, 9.17) is 0 Å². The van der Waals surface area contributed by atoms with Crippen molar-refractivity contribution in [3.63, 3.8) is 0 Å². The van der Waals surface area contributed by atoms with E-state index < -0.39 is 23.2 Å². The third-order valence-electron chi connectivity index (χ3n) is 4.79. The fraction of sp³-hybridized carbons (Fsp3) is 0.190. The number of piperazine rings is 1. The highest BCUT2D eigenvalue weighted by Crippen LogP contribution is 2.21. The fourth-order valence-corrected chi connectivity index (χ4v) is 3.24. The number of nitrogens with one attached hydrogen (secondary N) is 1. The summed E-state index contributed by atoms with van der Waals surface area (Å²) in [4.78, 5) is 25.5. The second-order valence-corrected chi connectivity index (χ2v) is 6.62. The van der Waals surface area contributed by atoms with Crippen molar-refractivity contribution in [2.45, 2.75) is 0 Å². The number of halogens is 2. The Balaban J connectivity index is 1.44. The monoisotopic (exact) mass is 395 g/mol. The summed E-state index contributed by atoms with van der Waals surface area (Å²) in [7, 11) is 0. The number of carbonyl (C=O) groups is 1. The maximum Gasteiger partial charge on any atom is 0.256 e. The molecule has 0 radical (unpaired) electrons. The number of para-hydroxylation sites is 1. The molecule has 1 aromatic carbocycles. The second kappa shape index (κ2) is 8.22. The highest BCUT2D eigenvalue weighted by molar-refractivity contribution is 6.04. The van der Waals surface area contributed by atoms with Gasteiger partial charge in [-0.05, 0) is 36.4 Å². The minimum absolute atomic E-state index is 0.282. The summed E-state index contributed by atoms with van der Waals surface area (Å²) in [6, 6.07) is 12.4. The van der Waals surface area contributed by atoms with Crippen LogP contribution in [0.25, 0.3) is 0 Å². The highest BCUT2D eigenvalue weighted by atomic mass is 19.1. The molecule has 1 N–H and O–H groups in total. The van der Waals surface area contributed by atoms with Crippen LogP contribution in [0.5, 0.6) is 0 Å². The Morgan fingerprint density at radius 2 is 1.48 bits per heavy atom. The third kappa shape index (κ3) is 4.16. The summed E-state index contributed by atoms with van der Waals surface area (Å²) in [5, 5.41) is 2.30. The van der Waals surface area contributed by atoms with Crippen LogP contribution in [0.15, 0.2) is 60.9 Å². The van der Waals surface area contributed by atoms with Gasteiger partial charge in [-0.3, -0.25) is 4.79 Å². The lowest BCUT2D eigenvalue weighted by atomic mass is 10.2. The van der Waals surface area contributed by atoms with Gasteiger partial charge in [0.2, 0.25) is 0 Å². The van der Waals surface area contributed by atoms with Gasteiger partial charge in [-0.15, -0.1) is 0 Å². The molecule has 2 aromatic heterocycles. The molecule has 6 nitrogen and oxygen atoms in total. The molecule has 0 spiro atoms. The molecule has 3 heterocycles. The van der Waals surface area contributed by atoms with Crippen LogP contribution in [0.4, 0.5) is 26.1 Å². The van der Waals surface area contributed by atoms with Crippen LogP contribution in [0, 0.1) is 11.6 Å². The summed E-state index contributed by atoms with van der Waals surface area (Å²) in [6.45, 7) is 2.98. The number of aromatic nitrogens is 2. The zero-order valence-corrected chi connectivity index (χ0v) is 15.6. The number of rotatable bonds is 4. The number of hydrogen-bond acceptors (Lipinski definition) is 5. The first kappa shape index (κ1) is 18.8. The Hall–Kier alpha value is -3.55. The maximum absolute atomic E-state index is 13.8. The van der Waals surface area contributed by atoms with Gasteiger partial charge >= 0.3 is 0 Å². The topological polar surface area (TPSA) is 61.4 Å². The van der Waals surface area contributed by atoms with E-state index in [1.54, 1.807) is 12.3 Å². The molecular weight excluding hydrogens is 376 g/mol. The molecule has 1 aliphatic rings. The van der Waals surface area contributed by atoms with Gasteiger partial charge in [0.05, 0.1) is 0 Å². The number of carbonyl (C=O) groups excluding carboxylic acids is 1. The smallest absolute Gasteiger partial charge is 0.256 e. The molecule has 1 amide bonds. The lowest BCUT2D eigenvalue weighted by molar-refractivity contribution is 0.102. The average Bonchev–Trinajstić information content (AvgIpc) is 2.77. The highest BCUT2D eigenvalue weighted by Gasteiger charge is 2.20. The van der Waals surface area contributed by atoms with Crippen LogP contribution in [-0.4, -0.2) is 42.1 Å². The normalized spacial score (nSPS) is 14.0. The van der Waals surface area contributed by atoms with Gasteiger partial charge in [0.15, 0.2) is 0 Å². The van der Waals surface area contributed by atoms with E-state index in [1.807, 2.05) is 18.2 Å². The molecule has 0 bridgehead atoms. The van der Waals surface area contributed by atoms with Crippen LogP contribution in [0.1, 0.15) is 10.4 Å². The molecule has 1 saturated heterocycles. The van der Waals surface area contributed by atoms with Gasteiger partial charge in [0.25, 0.3) is 5.91 Å². The van der Waals surface area contributed by atoms with Crippen molar-refractivity contribution in [3.05, 3.63) is 78.1 Å². The number of anilines is 3. The number of amides is 1. The van der Waals surface area contributed by atoms with E-state index in [0.717, 1.165) is 44.1 Å². The lowest BCUT2D eigenvalue weighted by Crippen LogP contribution is -2.47. The number of hydrogen-bond donors (Lipinski definition) is 1. The van der Waals surface area contributed by atoms with Crippen molar-refractivity contribution >= 4 is 23.2 Å². The Bertz CT molecular complexity index is 987. The van der Waals surface area contributed by atoms with Gasteiger partial charge in [0, 0.05) is 44.1 Å². The summed E-state index contributed by atoms with van der Waals surface area (Å²) in [6.07, 6.45) is 3.29. The first-order chi connectivity index (χ1) is 14.1. The number of nitrogens with zero attached hydrogens (tertiary/aromatic N) is 4. The summed E-state index contributed by atoms with van der Waals surface area (Å²) in [5.74, 6) is -0.659. The van der Waals surface area contributed by atoms with Gasteiger partial charge in [-0.25, -0.2) is 18.7 Å². The molecule has 148 valence electrons. The lowest BCUT2D eigenvalue weighted by Gasteiger charge is -2.36. The zero-order valence-electron chi connectivity index (χ0n) is 15.6. The summed E-state index contributed by atoms with van der Waals surface area (Å²) >= 11 is 0. The average molecular weight is 395 g/mol. The largest absolute Gasteiger partial charge is 0.353 e. The molecule has 4 rings (SSSR count). The van der Waals surface area contributed by atoms with Gasteiger partial charge < -0.3 is 15.1 Å². The third-order valence-corrected chi connectivity index (χ3v) is 4.79. The Morgan fingerprint density at radius 3 is 2.14 bits per heavy atom. The fourth-order valence-electron chi connectivity index (χ4n) is 3.24. The summed E-state index contributed by atoms with van der Waals surface area (Å²) in [5.41, 5.74) is -0.176. The predicted molar refractivity (Wildman–Crippen MR) is 107 cm³/mol. The molecule has 0 aliphatic carbocycles. The van der Waals surface area contributed by atoms with Gasteiger partial charge in [-0.1, -0.05) is 12.1 Å². The first-order valence-corrected chi connectivity index (χ1v) is 9.24. The molecule has 0 saturated carbocycles. The standard InChI is InChI=1S/C21H19F2N5O/c22-16-4-3-5-17(23)20(16)26-21(29)15-7-9-25-19(14-15)28-12-10-27(11-13-28)18-6-1-2-8-24-18/h1-9,14H,10-13H2,(H,26,29). The predicted octanol–water partition coefficient (Wildman–Crippen LogP) is 3.33. The van der Waals surface area contributed by atoms with Gasteiger partial charge in [-0.2, -0.15) is 0 Å². The van der Waals surface area contributed by atoms with E-state index in [-0.39, 0.29) is 5.56 Å². The number of pyridine rings is 2. The van der Waals surface area contributed by atoms with Crippen LogP contribution in [0.2, 0.25) is 0 Å². The van der Waals surface area contributed by atoms with Crippen molar-refractivity contribution in [1.82, 2.24) is 9.97 Å². The van der Waals surface area contributed by atoms with E-state index in [0.29, 0.717) is 5.82 Å². The second-order valence-electron chi connectivity index (χ2n) is 6.62. The maximum atomic E-state index is 13.8. The molecule has 1 fully saturated rings. The quantitative estimate of drug-likeness (QED) is 0.734.